The summed E-state index contributed by atoms with van der Waals surface area (Å²) in [5, 5.41) is 2.75. The van der Waals surface area contributed by atoms with Gasteiger partial charge in [-0.1, -0.05) is 25.1 Å². The lowest BCUT2D eigenvalue weighted by atomic mass is 10.00. The number of halogens is 1. The first kappa shape index (κ1) is 18.3. The van der Waals surface area contributed by atoms with Crippen LogP contribution in [0.4, 0.5) is 10.2 Å². The van der Waals surface area contributed by atoms with E-state index in [0.717, 1.165) is 31.6 Å². The van der Waals surface area contributed by atoms with E-state index in [1.54, 1.807) is 31.2 Å². The number of carbonyl (C=O) groups excluding carboxylic acids is 1. The number of aryl methyl sites for hydroxylation is 1. The fourth-order valence-corrected chi connectivity index (χ4v) is 3.45. The van der Waals surface area contributed by atoms with Crippen LogP contribution in [0.1, 0.15) is 54.5 Å². The smallest absolute Gasteiger partial charge is 0.270 e. The van der Waals surface area contributed by atoms with E-state index in [4.69, 9.17) is 0 Å². The largest absolute Gasteiger partial charge is 0.354 e. The molecule has 1 aromatic heterocycles. The maximum absolute atomic E-state index is 13.7. The standard InChI is InChI=1S/C20H25FN4O/c1-3-16-9-6-7-11-25(16)19-12-18(23-14(2)24-19)20(26)22-13-15-8-4-5-10-17(15)21/h4-5,8,10,12,16H,3,6-7,9,11,13H2,1-2H3,(H,22,26). The second-order valence-electron chi connectivity index (χ2n) is 6.68. The van der Waals surface area contributed by atoms with E-state index in [-0.39, 0.29) is 18.3 Å². The van der Waals surface area contributed by atoms with E-state index >= 15 is 0 Å². The highest BCUT2D eigenvalue weighted by molar-refractivity contribution is 5.92. The lowest BCUT2D eigenvalue weighted by molar-refractivity contribution is 0.0945. The Labute approximate surface area is 153 Å². The molecule has 6 heteroatoms. The number of piperidine rings is 1. The number of hydrogen-bond donors (Lipinski definition) is 1. The van der Waals surface area contributed by atoms with Crippen LogP contribution in [0, 0.1) is 12.7 Å². The molecule has 0 saturated carbocycles. The van der Waals surface area contributed by atoms with Gasteiger partial charge in [0.1, 0.15) is 23.2 Å². The molecule has 2 aromatic rings. The summed E-state index contributed by atoms with van der Waals surface area (Å²) in [6.45, 7) is 5.05. The monoisotopic (exact) mass is 356 g/mol. The number of amides is 1. The Kier molecular flexibility index (Phi) is 5.81. The predicted molar refractivity (Wildman–Crippen MR) is 99.6 cm³/mol. The van der Waals surface area contributed by atoms with E-state index in [1.165, 1.54) is 12.5 Å². The molecule has 0 radical (unpaired) electrons. The van der Waals surface area contributed by atoms with Crippen LogP contribution < -0.4 is 10.2 Å². The van der Waals surface area contributed by atoms with Crippen LogP contribution in [0.3, 0.4) is 0 Å². The number of hydrogen-bond acceptors (Lipinski definition) is 4. The number of nitrogens with zero attached hydrogens (tertiary/aromatic N) is 3. The first-order valence-corrected chi connectivity index (χ1v) is 9.22. The van der Waals surface area contributed by atoms with Gasteiger partial charge < -0.3 is 10.2 Å². The van der Waals surface area contributed by atoms with Gasteiger partial charge in [0.15, 0.2) is 0 Å². The fourth-order valence-electron chi connectivity index (χ4n) is 3.45. The molecule has 1 atom stereocenters. The van der Waals surface area contributed by atoms with Crippen molar-refractivity contribution in [2.75, 3.05) is 11.4 Å². The first-order chi connectivity index (χ1) is 12.6. The average molecular weight is 356 g/mol. The van der Waals surface area contributed by atoms with Crippen molar-refractivity contribution in [2.24, 2.45) is 0 Å². The maximum atomic E-state index is 13.7. The van der Waals surface area contributed by atoms with Gasteiger partial charge in [0.2, 0.25) is 0 Å². The van der Waals surface area contributed by atoms with Crippen molar-refractivity contribution in [3.05, 3.63) is 53.2 Å². The summed E-state index contributed by atoms with van der Waals surface area (Å²) in [5.41, 5.74) is 0.776. The minimum absolute atomic E-state index is 0.130. The molecule has 26 heavy (non-hydrogen) atoms. The van der Waals surface area contributed by atoms with E-state index in [9.17, 15) is 9.18 Å². The van der Waals surface area contributed by atoms with Gasteiger partial charge in [-0.15, -0.1) is 0 Å². The molecule has 0 spiro atoms. The number of anilines is 1. The van der Waals surface area contributed by atoms with Crippen molar-refractivity contribution in [1.29, 1.82) is 0 Å². The van der Waals surface area contributed by atoms with Crippen LogP contribution >= 0.6 is 0 Å². The second kappa shape index (κ2) is 8.25. The molecule has 2 heterocycles. The summed E-state index contributed by atoms with van der Waals surface area (Å²) in [5.74, 6) is 0.732. The van der Waals surface area contributed by atoms with Crippen LogP contribution in [-0.2, 0) is 6.54 Å². The van der Waals surface area contributed by atoms with Crippen LogP contribution in [0.2, 0.25) is 0 Å². The third-order valence-electron chi connectivity index (χ3n) is 4.85. The molecule has 1 aliphatic heterocycles. The lowest BCUT2D eigenvalue weighted by Gasteiger charge is -2.36. The van der Waals surface area contributed by atoms with Crippen LogP contribution in [0.25, 0.3) is 0 Å². The van der Waals surface area contributed by atoms with Crippen LogP contribution in [0.5, 0.6) is 0 Å². The Hall–Kier alpha value is -2.50. The Balaban J connectivity index is 1.76. The van der Waals surface area contributed by atoms with Gasteiger partial charge in [-0.2, -0.15) is 0 Å². The molecule has 0 bridgehead atoms. The summed E-state index contributed by atoms with van der Waals surface area (Å²) < 4.78 is 13.7. The summed E-state index contributed by atoms with van der Waals surface area (Å²) in [7, 11) is 0. The highest BCUT2D eigenvalue weighted by Crippen LogP contribution is 2.25. The fraction of sp³-hybridized carbons (Fsp3) is 0.450. The molecule has 1 aliphatic rings. The average Bonchev–Trinajstić information content (AvgIpc) is 2.66. The molecule has 138 valence electrons. The quantitative estimate of drug-likeness (QED) is 0.889. The molecule has 1 unspecified atom stereocenters. The Morgan fingerprint density at radius 2 is 2.12 bits per heavy atom. The summed E-state index contributed by atoms with van der Waals surface area (Å²) in [6.07, 6.45) is 4.57. The molecule has 5 nitrogen and oxygen atoms in total. The summed E-state index contributed by atoms with van der Waals surface area (Å²) in [6, 6.07) is 8.62. The lowest BCUT2D eigenvalue weighted by Crippen LogP contribution is -2.40. The highest BCUT2D eigenvalue weighted by Gasteiger charge is 2.23. The molecule has 3 rings (SSSR count). The zero-order valence-electron chi connectivity index (χ0n) is 15.3. The topological polar surface area (TPSA) is 58.1 Å². The van der Waals surface area contributed by atoms with Crippen molar-refractivity contribution < 1.29 is 9.18 Å². The third kappa shape index (κ3) is 4.18. The number of aromatic nitrogens is 2. The van der Waals surface area contributed by atoms with Crippen molar-refractivity contribution in [3.63, 3.8) is 0 Å². The van der Waals surface area contributed by atoms with Gasteiger partial charge in [-0.05, 0) is 38.7 Å². The SMILES string of the molecule is CCC1CCCCN1c1cc(C(=O)NCc2ccccc2F)nc(C)n1. The minimum Gasteiger partial charge on any atom is -0.354 e. The Bertz CT molecular complexity index is 780. The second-order valence-corrected chi connectivity index (χ2v) is 6.68. The Morgan fingerprint density at radius 3 is 2.88 bits per heavy atom. The highest BCUT2D eigenvalue weighted by atomic mass is 19.1. The first-order valence-electron chi connectivity index (χ1n) is 9.22. The van der Waals surface area contributed by atoms with Crippen molar-refractivity contribution >= 4 is 11.7 Å². The molecule has 1 aromatic carbocycles. The number of rotatable bonds is 5. The number of carbonyl (C=O) groups is 1. The van der Waals surface area contributed by atoms with Crippen molar-refractivity contribution in [2.45, 2.75) is 52.1 Å². The van der Waals surface area contributed by atoms with Crippen molar-refractivity contribution in [3.8, 4) is 0 Å². The number of benzene rings is 1. The summed E-state index contributed by atoms with van der Waals surface area (Å²) in [4.78, 5) is 23.6. The van der Waals surface area contributed by atoms with Gasteiger partial charge in [0.25, 0.3) is 5.91 Å². The van der Waals surface area contributed by atoms with Crippen LogP contribution in [-0.4, -0.2) is 28.5 Å². The maximum Gasteiger partial charge on any atom is 0.270 e. The number of nitrogens with one attached hydrogen (secondary N) is 1. The van der Waals surface area contributed by atoms with Gasteiger partial charge in [-0.25, -0.2) is 14.4 Å². The van der Waals surface area contributed by atoms with Crippen molar-refractivity contribution in [1.82, 2.24) is 15.3 Å². The Morgan fingerprint density at radius 1 is 1.31 bits per heavy atom. The zero-order chi connectivity index (χ0) is 18.5. The normalized spacial score (nSPS) is 17.2. The van der Waals surface area contributed by atoms with E-state index in [0.29, 0.717) is 23.1 Å². The van der Waals surface area contributed by atoms with E-state index in [1.807, 2.05) is 0 Å². The molecule has 1 amide bonds. The molecule has 1 saturated heterocycles. The summed E-state index contributed by atoms with van der Waals surface area (Å²) >= 11 is 0. The third-order valence-corrected chi connectivity index (χ3v) is 4.85. The van der Waals surface area contributed by atoms with E-state index in [2.05, 4.69) is 27.1 Å². The van der Waals surface area contributed by atoms with E-state index < -0.39 is 0 Å². The molecular formula is C20H25FN4O. The van der Waals surface area contributed by atoms with Crippen LogP contribution in [0.15, 0.2) is 30.3 Å². The van der Waals surface area contributed by atoms with Gasteiger partial charge in [-0.3, -0.25) is 4.79 Å². The van der Waals surface area contributed by atoms with Gasteiger partial charge in [0.05, 0.1) is 0 Å². The molecule has 1 fully saturated rings. The molecular weight excluding hydrogens is 331 g/mol. The van der Waals surface area contributed by atoms with Gasteiger partial charge in [0, 0.05) is 30.8 Å². The molecule has 0 aliphatic carbocycles. The predicted octanol–water partition coefficient (Wildman–Crippen LogP) is 3.62. The minimum atomic E-state index is -0.327. The van der Waals surface area contributed by atoms with Gasteiger partial charge >= 0.3 is 0 Å². The zero-order valence-corrected chi connectivity index (χ0v) is 15.3. The molecule has 1 N–H and O–H groups in total.